The van der Waals surface area contributed by atoms with Crippen LogP contribution in [0.25, 0.3) is 22.5 Å². The summed E-state index contributed by atoms with van der Waals surface area (Å²) in [4.78, 5) is 38.2. The first-order valence-corrected chi connectivity index (χ1v) is 26.3. The molecule has 378 valence electrons. The lowest BCUT2D eigenvalue weighted by molar-refractivity contribution is 0.0651. The van der Waals surface area contributed by atoms with Crippen LogP contribution in [-0.2, 0) is 62.0 Å². The molecule has 0 spiro atoms. The highest BCUT2D eigenvalue weighted by Gasteiger charge is 2.38. The van der Waals surface area contributed by atoms with E-state index in [4.69, 9.17) is 24.7 Å². The lowest BCUT2D eigenvalue weighted by atomic mass is 9.77. The fraction of sp³-hybridized carbons (Fsp3) is 0.473. The number of nitrogens with one attached hydrogen (secondary N) is 2. The van der Waals surface area contributed by atoms with Gasteiger partial charge in [0.05, 0.1) is 48.6 Å². The van der Waals surface area contributed by atoms with Crippen LogP contribution in [0.15, 0.2) is 72.3 Å². The Kier molecular flexibility index (Phi) is 12.8. The van der Waals surface area contributed by atoms with Crippen LogP contribution in [0.3, 0.4) is 0 Å². The van der Waals surface area contributed by atoms with Crippen LogP contribution >= 0.6 is 0 Å². The summed E-state index contributed by atoms with van der Waals surface area (Å²) < 4.78 is 19.8. The lowest BCUT2D eigenvalue weighted by Crippen LogP contribution is -2.44. The number of nitrogens with zero attached hydrogens (tertiary/aromatic N) is 12. The first kappa shape index (κ1) is 46.8. The molecule has 10 heterocycles. The SMILES string of the molecule is CNC(=O)N1CCc2c(c(C3=CC=CC4C=C(c5cnn(CCNC(=O)N6CCc7c(c(-c8cccc9c8CCCN(c8cnn(C)c8)C9)nn7C7CCOCC7)C6)c5)N=CC34)c(C#N)n2C2CCOCC2)C1. The molecule has 73 heavy (non-hydrogen) atoms. The molecule has 2 unspecified atom stereocenters. The van der Waals surface area contributed by atoms with Crippen molar-refractivity contribution in [2.45, 2.75) is 89.6 Å². The van der Waals surface area contributed by atoms with Gasteiger partial charge < -0.3 is 39.4 Å². The summed E-state index contributed by atoms with van der Waals surface area (Å²) in [5.74, 6) is -0.0722. The summed E-state index contributed by atoms with van der Waals surface area (Å²) >= 11 is 0. The quantitative estimate of drug-likeness (QED) is 0.165. The number of amides is 4. The van der Waals surface area contributed by atoms with Crippen molar-refractivity contribution in [3.63, 3.8) is 0 Å². The molecule has 6 aliphatic heterocycles. The van der Waals surface area contributed by atoms with E-state index >= 15 is 0 Å². The number of rotatable bonds is 9. The second-order valence-corrected chi connectivity index (χ2v) is 20.4. The molecule has 0 bridgehead atoms. The minimum atomic E-state index is -0.115. The predicted octanol–water partition coefficient (Wildman–Crippen LogP) is 6.59. The molecule has 18 nitrogen and oxygen atoms in total. The number of allylic oxidation sites excluding steroid dienone is 5. The van der Waals surface area contributed by atoms with Crippen molar-refractivity contribution in [3.05, 3.63) is 118 Å². The Morgan fingerprint density at radius 2 is 1.64 bits per heavy atom. The second-order valence-electron chi connectivity index (χ2n) is 20.4. The molecule has 2 atom stereocenters. The smallest absolute Gasteiger partial charge is 0.317 e. The lowest BCUT2D eigenvalue weighted by Gasteiger charge is -2.32. The number of carbonyl (C=O) groups excluding carboxylic acids is 2. The molecule has 1 aromatic carbocycles. The van der Waals surface area contributed by atoms with E-state index in [1.807, 2.05) is 51.0 Å². The molecule has 2 saturated heterocycles. The van der Waals surface area contributed by atoms with Gasteiger partial charge in [0, 0.05) is 168 Å². The van der Waals surface area contributed by atoms with Crippen LogP contribution in [0.2, 0.25) is 0 Å². The van der Waals surface area contributed by atoms with Crippen molar-refractivity contribution >= 4 is 35.2 Å². The molecule has 2 N–H and O–H groups in total. The monoisotopic (exact) mass is 985 g/mol. The maximum absolute atomic E-state index is 14.0. The van der Waals surface area contributed by atoms with Gasteiger partial charge in [0.15, 0.2) is 0 Å². The highest BCUT2D eigenvalue weighted by molar-refractivity contribution is 5.93. The van der Waals surface area contributed by atoms with E-state index in [-0.39, 0.29) is 36.0 Å². The Balaban J connectivity index is 0.729. The summed E-state index contributed by atoms with van der Waals surface area (Å²) in [6.07, 6.45) is 25.4. The zero-order valence-corrected chi connectivity index (χ0v) is 41.9. The molecule has 0 saturated carbocycles. The van der Waals surface area contributed by atoms with E-state index in [2.05, 4.69) is 84.7 Å². The summed E-state index contributed by atoms with van der Waals surface area (Å²) in [6.45, 7) is 7.62. The fourth-order valence-corrected chi connectivity index (χ4v) is 12.5. The minimum absolute atomic E-state index is 0.0105. The number of benzene rings is 1. The Bertz CT molecular complexity index is 3090. The second kappa shape index (κ2) is 20.0. The molecule has 7 aliphatic rings. The number of carbonyl (C=O) groups is 2. The van der Waals surface area contributed by atoms with Crippen molar-refractivity contribution in [1.82, 2.24) is 54.3 Å². The first-order valence-electron chi connectivity index (χ1n) is 26.3. The third kappa shape index (κ3) is 8.85. The molecule has 4 amide bonds. The largest absolute Gasteiger partial charge is 0.381 e. The molecule has 5 aromatic rings. The molecule has 12 rings (SSSR count). The van der Waals surface area contributed by atoms with Crippen LogP contribution in [0, 0.1) is 23.2 Å². The van der Waals surface area contributed by atoms with E-state index in [1.165, 1.54) is 22.4 Å². The maximum atomic E-state index is 14.0. The average Bonchev–Trinajstić information content (AvgIpc) is 4.22. The van der Waals surface area contributed by atoms with Gasteiger partial charge in [-0.1, -0.05) is 42.5 Å². The highest BCUT2D eigenvalue weighted by Crippen LogP contribution is 2.45. The van der Waals surface area contributed by atoms with Crippen LogP contribution in [0.4, 0.5) is 15.3 Å². The standard InChI is InChI=1S/C55H64N14O4/c1-57-54(70)65-19-11-49-46(34-65)52(51(27-56)68(49)39-13-22-72-23-14-39)43-8-3-6-36-26-48(59-30-45(36)43)38-28-61-67(32-38)21-17-58-55(71)66-20-12-50-47(35-66)53(62-69(50)40-15-24-73-25-16-40)44-9-4-7-37-31-64(18-5-10-42(37)44)41-29-60-63(2)33-41/h3-4,6-9,26,28-30,32-33,36,39-40,45H,5,10-25,31,34-35H2,1-2H3,(H,57,70)(H,58,71). The van der Waals surface area contributed by atoms with Crippen molar-refractivity contribution in [3.8, 4) is 17.3 Å². The Morgan fingerprint density at radius 3 is 2.42 bits per heavy atom. The summed E-state index contributed by atoms with van der Waals surface area (Å²) in [5.41, 5.74) is 15.0. The summed E-state index contributed by atoms with van der Waals surface area (Å²) in [5, 5.41) is 31.4. The average molecular weight is 985 g/mol. The van der Waals surface area contributed by atoms with E-state index in [1.54, 1.807) is 7.05 Å². The topological polar surface area (TPSA) is 181 Å². The van der Waals surface area contributed by atoms with Crippen LogP contribution in [-0.4, -0.2) is 122 Å². The Hall–Kier alpha value is -7.23. The normalized spacial score (nSPS) is 21.1. The molecular formula is C55H64N14O4. The van der Waals surface area contributed by atoms with Gasteiger partial charge in [-0.15, -0.1) is 0 Å². The van der Waals surface area contributed by atoms with Crippen molar-refractivity contribution in [2.24, 2.45) is 23.9 Å². The first-order chi connectivity index (χ1) is 35.8. The molecular weight excluding hydrogens is 921 g/mol. The number of urea groups is 2. The summed E-state index contributed by atoms with van der Waals surface area (Å²) in [6, 6.07) is 9.51. The number of anilines is 1. The number of ether oxygens (including phenoxy) is 2. The molecule has 0 radical (unpaired) electrons. The number of aliphatic imine (C=N–C) groups is 1. The Morgan fingerprint density at radius 1 is 0.863 bits per heavy atom. The van der Waals surface area contributed by atoms with Crippen LogP contribution in [0.1, 0.15) is 94.7 Å². The van der Waals surface area contributed by atoms with E-state index in [9.17, 15) is 14.9 Å². The van der Waals surface area contributed by atoms with Gasteiger partial charge in [-0.05, 0) is 55.2 Å². The number of fused-ring (bicyclic) bond motifs is 4. The molecule has 18 heteroatoms. The van der Waals surface area contributed by atoms with Gasteiger partial charge in [-0.25, -0.2) is 9.59 Å². The third-order valence-electron chi connectivity index (χ3n) is 16.2. The predicted molar refractivity (Wildman–Crippen MR) is 276 cm³/mol. The fourth-order valence-electron chi connectivity index (χ4n) is 12.5. The maximum Gasteiger partial charge on any atom is 0.317 e. The zero-order chi connectivity index (χ0) is 49.6. The number of aromatic nitrogens is 7. The van der Waals surface area contributed by atoms with Crippen LogP contribution < -0.4 is 15.5 Å². The van der Waals surface area contributed by atoms with Crippen molar-refractivity contribution in [1.29, 1.82) is 5.26 Å². The number of nitriles is 1. The third-order valence-corrected chi connectivity index (χ3v) is 16.2. The van der Waals surface area contributed by atoms with Gasteiger partial charge >= 0.3 is 12.1 Å². The van der Waals surface area contributed by atoms with Gasteiger partial charge in [-0.3, -0.25) is 19.0 Å². The minimum Gasteiger partial charge on any atom is -0.381 e. The van der Waals surface area contributed by atoms with E-state index in [0.29, 0.717) is 64.6 Å². The van der Waals surface area contributed by atoms with E-state index < -0.39 is 0 Å². The van der Waals surface area contributed by atoms with Crippen molar-refractivity contribution < 1.29 is 19.1 Å². The van der Waals surface area contributed by atoms with Gasteiger partial charge in [0.1, 0.15) is 11.8 Å². The number of hydrogen-bond donors (Lipinski definition) is 2. The molecule has 1 aliphatic carbocycles. The van der Waals surface area contributed by atoms with E-state index in [0.717, 1.165) is 122 Å². The van der Waals surface area contributed by atoms with Crippen molar-refractivity contribution in [2.75, 3.05) is 64.6 Å². The summed E-state index contributed by atoms with van der Waals surface area (Å²) in [7, 11) is 3.63. The highest BCUT2D eigenvalue weighted by atomic mass is 16.5. The zero-order valence-electron chi connectivity index (χ0n) is 41.9. The molecule has 2 fully saturated rings. The van der Waals surface area contributed by atoms with Gasteiger partial charge in [0.25, 0.3) is 0 Å². The number of aryl methyl sites for hydroxylation is 1. The molecule has 4 aromatic heterocycles. The Labute approximate surface area is 425 Å². The number of hydrogen-bond acceptors (Lipinski definition) is 10. The van der Waals surface area contributed by atoms with Gasteiger partial charge in [-0.2, -0.15) is 20.6 Å². The van der Waals surface area contributed by atoms with Gasteiger partial charge in [0.2, 0.25) is 0 Å². The van der Waals surface area contributed by atoms with Crippen LogP contribution in [0.5, 0.6) is 0 Å².